The minimum atomic E-state index is -3.10. The Bertz CT molecular complexity index is 1020. The molecule has 2 aliphatic heterocycles. The lowest BCUT2D eigenvalue weighted by Crippen LogP contribution is -2.41. The third-order valence-electron chi connectivity index (χ3n) is 5.80. The van der Waals surface area contributed by atoms with Gasteiger partial charge in [-0.2, -0.15) is 0 Å². The molecule has 0 bridgehead atoms. The average Bonchev–Trinajstić information content (AvgIpc) is 3.39. The number of hydrogen-bond acceptors (Lipinski definition) is 8. The van der Waals surface area contributed by atoms with E-state index in [0.717, 1.165) is 24.6 Å². The fourth-order valence-corrected chi connectivity index (χ4v) is 6.71. The zero-order valence-corrected chi connectivity index (χ0v) is 19.9. The Morgan fingerprint density at radius 2 is 1.97 bits per heavy atom. The Labute approximate surface area is 193 Å². The third-order valence-corrected chi connectivity index (χ3v) is 8.50. The normalized spacial score (nSPS) is 20.4. The first kappa shape index (κ1) is 23.1. The summed E-state index contributed by atoms with van der Waals surface area (Å²) in [5, 5.41) is 9.38. The molecule has 0 spiro atoms. The smallest absolute Gasteiger partial charge is 0.233 e. The van der Waals surface area contributed by atoms with Crippen LogP contribution in [0.25, 0.3) is 0 Å². The molecule has 1 aromatic carbocycles. The van der Waals surface area contributed by atoms with Gasteiger partial charge in [-0.15, -0.1) is 10.2 Å². The summed E-state index contributed by atoms with van der Waals surface area (Å²) >= 11 is 1.35. The minimum Gasteiger partial charge on any atom is -0.378 e. The monoisotopic (exact) mass is 479 g/mol. The fourth-order valence-electron chi connectivity index (χ4n) is 4.09. The van der Waals surface area contributed by atoms with Crippen LogP contribution in [0.1, 0.15) is 18.9 Å². The number of ether oxygens (including phenoxy) is 1. The number of sulfone groups is 1. The van der Waals surface area contributed by atoms with Gasteiger partial charge in [0.25, 0.3) is 0 Å². The third kappa shape index (κ3) is 5.44. The Balaban J connectivity index is 1.47. The molecule has 0 unspecified atom stereocenters. The molecular weight excluding hydrogens is 450 g/mol. The van der Waals surface area contributed by atoms with Crippen molar-refractivity contribution in [3.63, 3.8) is 0 Å². The first-order valence-corrected chi connectivity index (χ1v) is 13.7. The van der Waals surface area contributed by atoms with Crippen molar-refractivity contribution in [1.82, 2.24) is 19.7 Å². The average molecular weight is 480 g/mol. The number of nitrogens with zero attached hydrogens (tertiary/aromatic N) is 5. The van der Waals surface area contributed by atoms with E-state index >= 15 is 0 Å². The van der Waals surface area contributed by atoms with E-state index in [2.05, 4.69) is 15.1 Å². The van der Waals surface area contributed by atoms with Gasteiger partial charge in [-0.3, -0.25) is 9.36 Å². The maximum Gasteiger partial charge on any atom is 0.233 e. The summed E-state index contributed by atoms with van der Waals surface area (Å²) in [6.45, 7) is 5.99. The summed E-state index contributed by atoms with van der Waals surface area (Å²) in [6.07, 6.45) is 0.484. The molecule has 2 saturated heterocycles. The van der Waals surface area contributed by atoms with Crippen LogP contribution in [0.2, 0.25) is 0 Å². The van der Waals surface area contributed by atoms with Gasteiger partial charge in [0.15, 0.2) is 15.0 Å². The van der Waals surface area contributed by atoms with Gasteiger partial charge >= 0.3 is 0 Å². The number of morpholine rings is 1. The van der Waals surface area contributed by atoms with Crippen LogP contribution in [0.3, 0.4) is 0 Å². The number of carbonyl (C=O) groups is 1. The SMILES string of the molecule is CCn1c(SCC(=O)N(Cc2ccccc2)[C@H]2CCS(=O)(=O)C2)nnc1N1CCOCC1. The highest BCUT2D eigenvalue weighted by molar-refractivity contribution is 7.99. The van der Waals surface area contributed by atoms with Crippen molar-refractivity contribution in [1.29, 1.82) is 0 Å². The number of anilines is 1. The topological polar surface area (TPSA) is 97.6 Å². The highest BCUT2D eigenvalue weighted by Crippen LogP contribution is 2.25. The Morgan fingerprint density at radius 3 is 2.62 bits per heavy atom. The van der Waals surface area contributed by atoms with Crippen LogP contribution in [-0.2, 0) is 32.5 Å². The Morgan fingerprint density at radius 1 is 1.22 bits per heavy atom. The number of carbonyl (C=O) groups excluding carboxylic acids is 1. The lowest BCUT2D eigenvalue weighted by Gasteiger charge is -2.28. The second-order valence-corrected chi connectivity index (χ2v) is 11.2. The largest absolute Gasteiger partial charge is 0.378 e. The number of aromatic nitrogens is 3. The zero-order valence-electron chi connectivity index (χ0n) is 18.2. The molecule has 0 saturated carbocycles. The predicted octanol–water partition coefficient (Wildman–Crippen LogP) is 1.44. The summed E-state index contributed by atoms with van der Waals surface area (Å²) in [6, 6.07) is 9.40. The van der Waals surface area contributed by atoms with Crippen molar-refractivity contribution in [2.75, 3.05) is 48.5 Å². The molecule has 2 aromatic rings. The van der Waals surface area contributed by atoms with Crippen LogP contribution >= 0.6 is 11.8 Å². The van der Waals surface area contributed by atoms with Crippen LogP contribution < -0.4 is 4.90 Å². The van der Waals surface area contributed by atoms with Gasteiger partial charge in [0.2, 0.25) is 11.9 Å². The van der Waals surface area contributed by atoms with Crippen LogP contribution in [0.4, 0.5) is 5.95 Å². The van der Waals surface area contributed by atoms with E-state index in [9.17, 15) is 13.2 Å². The quantitative estimate of drug-likeness (QED) is 0.525. The summed E-state index contributed by atoms with van der Waals surface area (Å²) in [5.74, 6) is 1.07. The molecule has 9 nitrogen and oxygen atoms in total. The lowest BCUT2D eigenvalue weighted by atomic mass is 10.1. The maximum absolute atomic E-state index is 13.3. The number of amides is 1. The van der Waals surface area contributed by atoms with E-state index in [1.165, 1.54) is 11.8 Å². The Kier molecular flexibility index (Phi) is 7.37. The molecule has 1 amide bonds. The van der Waals surface area contributed by atoms with Crippen molar-refractivity contribution in [3.8, 4) is 0 Å². The molecule has 3 heterocycles. The zero-order chi connectivity index (χ0) is 22.6. The van der Waals surface area contributed by atoms with Gasteiger partial charge in [-0.1, -0.05) is 42.1 Å². The molecule has 32 heavy (non-hydrogen) atoms. The molecule has 2 aliphatic rings. The summed E-state index contributed by atoms with van der Waals surface area (Å²) in [7, 11) is -3.10. The standard InChI is InChI=1S/C21H29N5O4S2/c1-2-25-20(24-9-11-30-12-10-24)22-23-21(25)31-15-19(27)26(14-17-6-4-3-5-7-17)18-8-13-32(28,29)16-18/h3-7,18H,2,8-16H2,1H3/t18-/m0/s1. The molecule has 0 aliphatic carbocycles. The van der Waals surface area contributed by atoms with E-state index in [4.69, 9.17) is 4.74 Å². The van der Waals surface area contributed by atoms with Crippen LogP contribution in [-0.4, -0.2) is 83.6 Å². The van der Waals surface area contributed by atoms with Crippen molar-refractivity contribution >= 4 is 33.5 Å². The van der Waals surface area contributed by atoms with Gasteiger partial charge in [-0.25, -0.2) is 8.42 Å². The van der Waals surface area contributed by atoms with E-state index in [0.29, 0.717) is 37.9 Å². The van der Waals surface area contributed by atoms with Crippen molar-refractivity contribution in [2.24, 2.45) is 0 Å². The number of hydrogen-bond donors (Lipinski definition) is 0. The minimum absolute atomic E-state index is 0.0303. The van der Waals surface area contributed by atoms with Gasteiger partial charge in [0, 0.05) is 32.2 Å². The fraction of sp³-hybridized carbons (Fsp3) is 0.571. The van der Waals surface area contributed by atoms with Crippen molar-refractivity contribution < 1.29 is 17.9 Å². The van der Waals surface area contributed by atoms with Crippen LogP contribution in [0, 0.1) is 0 Å². The lowest BCUT2D eigenvalue weighted by molar-refractivity contribution is -0.130. The van der Waals surface area contributed by atoms with Crippen molar-refractivity contribution in [2.45, 2.75) is 37.6 Å². The van der Waals surface area contributed by atoms with Crippen molar-refractivity contribution in [3.05, 3.63) is 35.9 Å². The van der Waals surface area contributed by atoms with Gasteiger partial charge in [0.1, 0.15) is 0 Å². The van der Waals surface area contributed by atoms with E-state index in [1.807, 2.05) is 41.8 Å². The number of thioether (sulfide) groups is 1. The molecule has 1 atom stereocenters. The van der Waals surface area contributed by atoms with E-state index in [1.54, 1.807) is 4.90 Å². The molecule has 0 radical (unpaired) electrons. The molecule has 0 N–H and O–H groups in total. The Hall–Kier alpha value is -2.11. The molecule has 4 rings (SSSR count). The molecule has 2 fully saturated rings. The summed E-state index contributed by atoms with van der Waals surface area (Å²) in [4.78, 5) is 17.1. The second-order valence-electron chi connectivity index (χ2n) is 7.98. The molecule has 1 aromatic heterocycles. The summed E-state index contributed by atoms with van der Waals surface area (Å²) in [5.41, 5.74) is 0.987. The maximum atomic E-state index is 13.3. The molecular formula is C21H29N5O4S2. The second kappa shape index (κ2) is 10.2. The molecule has 11 heteroatoms. The predicted molar refractivity (Wildman–Crippen MR) is 124 cm³/mol. The van der Waals surface area contributed by atoms with Gasteiger partial charge in [-0.05, 0) is 18.9 Å². The van der Waals surface area contributed by atoms with Gasteiger partial charge in [0.05, 0.1) is 30.5 Å². The van der Waals surface area contributed by atoms with E-state index in [-0.39, 0.29) is 29.2 Å². The number of benzene rings is 1. The van der Waals surface area contributed by atoms with Crippen LogP contribution in [0.5, 0.6) is 0 Å². The molecule has 174 valence electrons. The first-order chi connectivity index (χ1) is 15.5. The number of rotatable bonds is 8. The highest BCUT2D eigenvalue weighted by atomic mass is 32.2. The van der Waals surface area contributed by atoms with Gasteiger partial charge < -0.3 is 14.5 Å². The highest BCUT2D eigenvalue weighted by Gasteiger charge is 2.35. The first-order valence-electron chi connectivity index (χ1n) is 10.9. The van der Waals surface area contributed by atoms with E-state index < -0.39 is 9.84 Å². The summed E-state index contributed by atoms with van der Waals surface area (Å²) < 4.78 is 31.6. The van der Waals surface area contributed by atoms with Crippen LogP contribution in [0.15, 0.2) is 35.5 Å².